The van der Waals surface area contributed by atoms with Gasteiger partial charge in [0.05, 0.1) is 34.4 Å². The van der Waals surface area contributed by atoms with E-state index in [0.29, 0.717) is 19.8 Å². The van der Waals surface area contributed by atoms with E-state index in [1.807, 2.05) is 121 Å². The summed E-state index contributed by atoms with van der Waals surface area (Å²) in [4.78, 5) is 0. The number of rotatable bonds is 13. The van der Waals surface area contributed by atoms with Gasteiger partial charge in [-0.2, -0.15) is 0 Å². The summed E-state index contributed by atoms with van der Waals surface area (Å²) >= 11 is 6.78. The van der Waals surface area contributed by atoms with Gasteiger partial charge in [-0.1, -0.05) is 133 Å². The summed E-state index contributed by atoms with van der Waals surface area (Å²) in [6, 6.07) is 39.5. The molecule has 5 atom stereocenters. The number of benzene rings is 4. The second-order valence-corrected chi connectivity index (χ2v) is 10.1. The van der Waals surface area contributed by atoms with Crippen molar-refractivity contribution in [1.29, 1.82) is 0 Å². The van der Waals surface area contributed by atoms with Gasteiger partial charge < -0.3 is 23.7 Å². The summed E-state index contributed by atoms with van der Waals surface area (Å²) < 4.78 is 40.6. The third-order valence-corrected chi connectivity index (χ3v) is 7.02. The SMILES string of the molecule is [2H][C@]1(Cl)O[C@H](COCc2ccccc2)[C@@H](OCc2ccccc2)[C@H](OCc2ccccc2)[C@H]1OCc1ccccc1. The molecule has 5 nitrogen and oxygen atoms in total. The summed E-state index contributed by atoms with van der Waals surface area (Å²) in [7, 11) is 0. The lowest BCUT2D eigenvalue weighted by Crippen LogP contribution is -2.59. The molecule has 0 N–H and O–H groups in total. The minimum absolute atomic E-state index is 0.165. The number of halogens is 1. The molecular weight excluding hydrogens is 524 g/mol. The zero-order chi connectivity index (χ0) is 28.3. The maximum Gasteiger partial charge on any atom is 0.160 e. The Morgan fingerprint density at radius 1 is 0.525 bits per heavy atom. The Kier molecular flexibility index (Phi) is 10.3. The van der Waals surface area contributed by atoms with Crippen LogP contribution in [0.2, 0.25) is 0 Å². The fraction of sp³-hybridized carbons (Fsp3) is 0.294. The molecule has 4 aromatic carbocycles. The fourth-order valence-electron chi connectivity index (χ4n) is 4.63. The van der Waals surface area contributed by atoms with Crippen LogP contribution in [0.15, 0.2) is 121 Å². The van der Waals surface area contributed by atoms with E-state index >= 15 is 0 Å². The van der Waals surface area contributed by atoms with Gasteiger partial charge in [0.1, 0.15) is 24.4 Å². The Morgan fingerprint density at radius 3 is 1.35 bits per heavy atom. The molecule has 1 aliphatic heterocycles. The molecule has 0 bridgehead atoms. The van der Waals surface area contributed by atoms with Crippen molar-refractivity contribution in [2.45, 2.75) is 56.4 Å². The van der Waals surface area contributed by atoms with E-state index in [2.05, 4.69) is 0 Å². The van der Waals surface area contributed by atoms with Crippen LogP contribution in [0.4, 0.5) is 0 Å². The summed E-state index contributed by atoms with van der Waals surface area (Å²) in [5.41, 5.74) is 2.06. The number of alkyl halides is 1. The highest BCUT2D eigenvalue weighted by molar-refractivity contribution is 6.20. The molecule has 1 heterocycles. The predicted octanol–water partition coefficient (Wildman–Crippen LogP) is 6.92. The highest BCUT2D eigenvalue weighted by atomic mass is 35.5. The molecule has 208 valence electrons. The molecule has 0 amide bonds. The van der Waals surface area contributed by atoms with Crippen LogP contribution in [0.25, 0.3) is 0 Å². The van der Waals surface area contributed by atoms with Crippen molar-refractivity contribution >= 4 is 11.6 Å². The molecule has 0 aromatic heterocycles. The van der Waals surface area contributed by atoms with Crippen LogP contribution in [-0.4, -0.2) is 36.6 Å². The molecule has 0 unspecified atom stereocenters. The normalized spacial score (nSPS) is 24.9. The number of hydrogen-bond donors (Lipinski definition) is 0. The molecule has 0 spiro atoms. The van der Waals surface area contributed by atoms with Gasteiger partial charge >= 0.3 is 0 Å². The van der Waals surface area contributed by atoms with Crippen LogP contribution >= 0.6 is 11.6 Å². The molecule has 1 aliphatic rings. The first-order chi connectivity index (χ1) is 20.1. The van der Waals surface area contributed by atoms with Crippen molar-refractivity contribution in [3.8, 4) is 0 Å². The lowest BCUT2D eigenvalue weighted by Gasteiger charge is -2.44. The van der Waals surface area contributed by atoms with E-state index in [1.54, 1.807) is 0 Å². The van der Waals surface area contributed by atoms with Crippen LogP contribution in [0.3, 0.4) is 0 Å². The summed E-state index contributed by atoms with van der Waals surface area (Å²) in [5.74, 6) is 0. The van der Waals surface area contributed by atoms with Crippen molar-refractivity contribution in [2.24, 2.45) is 0 Å². The maximum absolute atomic E-state index is 9.01. The third kappa shape index (κ3) is 8.24. The molecule has 1 fully saturated rings. The van der Waals surface area contributed by atoms with Crippen LogP contribution in [-0.2, 0) is 50.1 Å². The summed E-state index contributed by atoms with van der Waals surface area (Å²) in [5, 5.41) is 0. The third-order valence-electron chi connectivity index (χ3n) is 6.71. The zero-order valence-corrected chi connectivity index (χ0v) is 23.1. The van der Waals surface area contributed by atoms with Crippen molar-refractivity contribution in [1.82, 2.24) is 0 Å². The molecule has 1 saturated heterocycles. The number of ether oxygens (including phenoxy) is 5. The van der Waals surface area contributed by atoms with Gasteiger partial charge in [0.15, 0.2) is 5.54 Å². The summed E-state index contributed by atoms with van der Waals surface area (Å²) in [6.45, 7) is 1.43. The van der Waals surface area contributed by atoms with Crippen molar-refractivity contribution in [2.75, 3.05) is 6.61 Å². The lowest BCUT2D eigenvalue weighted by atomic mass is 9.99. The molecule has 0 radical (unpaired) electrons. The Hall–Kier alpha value is -3.03. The monoisotopic (exact) mass is 559 g/mol. The second-order valence-electron chi connectivity index (χ2n) is 9.70. The van der Waals surface area contributed by atoms with E-state index in [-0.39, 0.29) is 13.2 Å². The first-order valence-corrected chi connectivity index (χ1v) is 13.9. The van der Waals surface area contributed by atoms with E-state index in [0.717, 1.165) is 22.3 Å². The van der Waals surface area contributed by atoms with Gasteiger partial charge in [-0.25, -0.2) is 0 Å². The van der Waals surface area contributed by atoms with Crippen LogP contribution < -0.4 is 0 Å². The Balaban J connectivity index is 1.39. The molecule has 0 aliphatic carbocycles. The first kappa shape index (κ1) is 27.2. The smallest absolute Gasteiger partial charge is 0.160 e. The second kappa shape index (κ2) is 15.1. The van der Waals surface area contributed by atoms with Gasteiger partial charge in [0, 0.05) is 0 Å². The quantitative estimate of drug-likeness (QED) is 0.166. The van der Waals surface area contributed by atoms with Crippen molar-refractivity contribution in [3.05, 3.63) is 144 Å². The van der Waals surface area contributed by atoms with Crippen molar-refractivity contribution in [3.63, 3.8) is 0 Å². The van der Waals surface area contributed by atoms with E-state index in [1.165, 1.54) is 0 Å². The van der Waals surface area contributed by atoms with E-state index in [4.69, 9.17) is 36.7 Å². The Labute approximate surface area is 243 Å². The average molecular weight is 560 g/mol. The molecule has 40 heavy (non-hydrogen) atoms. The number of hydrogen-bond acceptors (Lipinski definition) is 5. The summed E-state index contributed by atoms with van der Waals surface area (Å²) in [6.07, 6.45) is -2.95. The standard InChI is InChI=1S/C34H35ClO5/c35-34-33(39-24-29-19-11-4-12-20-29)32(38-23-28-17-9-3-10-18-28)31(37-22-27-15-7-2-8-16-27)30(40-34)25-36-21-26-13-5-1-6-14-26/h1-20,30-34H,21-25H2/t30-,31-,32+,33-,34+/m1/s1/i34D. The van der Waals surface area contributed by atoms with Crippen LogP contribution in [0.5, 0.6) is 0 Å². The maximum atomic E-state index is 9.01. The minimum atomic E-state index is -1.93. The average Bonchev–Trinajstić information content (AvgIpc) is 3.01. The topological polar surface area (TPSA) is 46.2 Å². The molecular formula is C34H35ClO5. The van der Waals surface area contributed by atoms with Gasteiger partial charge in [-0.15, -0.1) is 0 Å². The van der Waals surface area contributed by atoms with E-state index in [9.17, 15) is 0 Å². The minimum Gasteiger partial charge on any atom is -0.374 e. The van der Waals surface area contributed by atoms with Gasteiger partial charge in [-0.3, -0.25) is 0 Å². The molecule has 5 rings (SSSR count). The molecule has 4 aromatic rings. The molecule has 6 heteroatoms. The first-order valence-electron chi connectivity index (χ1n) is 14.0. The van der Waals surface area contributed by atoms with E-state index < -0.39 is 30.0 Å². The Bertz CT molecular complexity index is 1290. The largest absolute Gasteiger partial charge is 0.374 e. The van der Waals surface area contributed by atoms with Gasteiger partial charge in [0.2, 0.25) is 0 Å². The molecule has 0 saturated carbocycles. The highest BCUT2D eigenvalue weighted by Crippen LogP contribution is 2.32. The van der Waals surface area contributed by atoms with Gasteiger partial charge in [0.25, 0.3) is 0 Å². The fourth-order valence-corrected chi connectivity index (χ4v) is 4.93. The lowest BCUT2D eigenvalue weighted by molar-refractivity contribution is -0.256. The Morgan fingerprint density at radius 2 is 0.900 bits per heavy atom. The highest BCUT2D eigenvalue weighted by Gasteiger charge is 2.47. The predicted molar refractivity (Wildman–Crippen MR) is 156 cm³/mol. The van der Waals surface area contributed by atoms with Crippen LogP contribution in [0.1, 0.15) is 23.6 Å². The van der Waals surface area contributed by atoms with Crippen molar-refractivity contribution < 1.29 is 25.1 Å². The van der Waals surface area contributed by atoms with Gasteiger partial charge in [-0.05, 0) is 22.3 Å². The zero-order valence-electron chi connectivity index (χ0n) is 23.3. The van der Waals surface area contributed by atoms with Crippen LogP contribution in [0, 0.1) is 0 Å².